The Bertz CT molecular complexity index is 2780. The quantitative estimate of drug-likeness (QED) is 0.0919. The Balaban J connectivity index is 0.000000152. The molecular formula is C52H52Cl2N6O8S2. The number of amides is 2. The minimum Gasteiger partial charge on any atom is -0.454 e. The first-order chi connectivity index (χ1) is 33.9. The van der Waals surface area contributed by atoms with E-state index >= 15 is 0 Å². The summed E-state index contributed by atoms with van der Waals surface area (Å²) in [7, 11) is 0. The van der Waals surface area contributed by atoms with Crippen LogP contribution in [0, 0.1) is 13.8 Å². The van der Waals surface area contributed by atoms with E-state index in [4.69, 9.17) is 52.1 Å². The summed E-state index contributed by atoms with van der Waals surface area (Å²) >= 11 is 16.2. The van der Waals surface area contributed by atoms with E-state index in [0.29, 0.717) is 56.4 Å². The number of rotatable bonds is 12. The number of hydrogen-bond acceptors (Lipinski definition) is 14. The molecule has 14 nitrogen and oxygen atoms in total. The summed E-state index contributed by atoms with van der Waals surface area (Å²) in [5.74, 6) is 2.68. The molecule has 2 saturated carbocycles. The van der Waals surface area contributed by atoms with Gasteiger partial charge < -0.3 is 39.8 Å². The van der Waals surface area contributed by atoms with Crippen LogP contribution in [0.1, 0.15) is 94.0 Å². The van der Waals surface area contributed by atoms with Gasteiger partial charge in [0.25, 0.3) is 0 Å². The lowest BCUT2D eigenvalue weighted by molar-refractivity contribution is -0.119. The first-order valence-corrected chi connectivity index (χ1v) is 26.0. The third-order valence-corrected chi connectivity index (χ3v) is 17.3. The van der Waals surface area contributed by atoms with Crippen molar-refractivity contribution < 1.29 is 38.7 Å². The van der Waals surface area contributed by atoms with E-state index < -0.39 is 10.8 Å². The summed E-state index contributed by atoms with van der Waals surface area (Å²) < 4.78 is 21.9. The molecular weight excluding hydrogens is 972 g/mol. The summed E-state index contributed by atoms with van der Waals surface area (Å²) in [6, 6.07) is 26.8. The van der Waals surface area contributed by atoms with E-state index in [1.54, 1.807) is 0 Å². The van der Waals surface area contributed by atoms with Crippen molar-refractivity contribution in [3.63, 3.8) is 0 Å². The average Bonchev–Trinajstić information content (AvgIpc) is 3.76. The van der Waals surface area contributed by atoms with Gasteiger partial charge in [-0.15, -0.1) is 0 Å². The number of carbonyl (C=O) groups is 2. The Morgan fingerprint density at radius 3 is 1.40 bits per heavy atom. The van der Waals surface area contributed by atoms with Crippen LogP contribution < -0.4 is 29.6 Å². The number of aryl methyl sites for hydroxylation is 2. The van der Waals surface area contributed by atoms with Crippen LogP contribution in [0.4, 0.5) is 10.3 Å². The van der Waals surface area contributed by atoms with E-state index in [1.165, 1.54) is 22.7 Å². The van der Waals surface area contributed by atoms with E-state index in [2.05, 4.69) is 20.4 Å². The standard InChI is InChI=1S/2C26H26ClN3O4S/c2*1-15-23(22(30-11-8-17(31)13-30)18-4-2-3-5-19(18)27)35-25(28-15)29-24(32)26(9-10-26)16-6-7-20-21(12-16)34-14-33-20/h2*2-7,12,17,22,31H,8-11,13-14H2,1H3,(H,28,29,32)/t17-,22+;17-,22-/m00/s1. The fourth-order valence-electron chi connectivity index (χ4n) is 10.2. The molecule has 2 amide bonds. The Kier molecular flexibility index (Phi) is 12.8. The van der Waals surface area contributed by atoms with Gasteiger partial charge in [0.2, 0.25) is 25.4 Å². The molecule has 4 aliphatic heterocycles. The highest BCUT2D eigenvalue weighted by Crippen LogP contribution is 2.53. The van der Waals surface area contributed by atoms with Crippen molar-refractivity contribution >= 4 is 68.0 Å². The van der Waals surface area contributed by atoms with Crippen molar-refractivity contribution in [3.8, 4) is 23.0 Å². The van der Waals surface area contributed by atoms with Crippen LogP contribution in [-0.2, 0) is 20.4 Å². The van der Waals surface area contributed by atoms with Crippen molar-refractivity contribution in [2.45, 2.75) is 87.5 Å². The second kappa shape index (κ2) is 19.0. The van der Waals surface area contributed by atoms with Crippen LogP contribution in [0.15, 0.2) is 84.9 Å². The average molecular weight is 1020 g/mol. The topological polar surface area (TPSA) is 168 Å². The van der Waals surface area contributed by atoms with Crippen molar-refractivity contribution in [1.29, 1.82) is 0 Å². The fourth-order valence-corrected chi connectivity index (χ4v) is 12.9. The summed E-state index contributed by atoms with van der Waals surface area (Å²) in [5.41, 5.74) is 4.40. The van der Waals surface area contributed by atoms with Crippen LogP contribution in [0.3, 0.4) is 0 Å². The van der Waals surface area contributed by atoms with Crippen molar-refractivity contribution in [2.75, 3.05) is 50.4 Å². The number of β-amino-alcohol motifs (C(OH)–C–C–N with tert-alkyl or cyclic N) is 2. The number of fused-ring (bicyclic) bond motifs is 2. The maximum Gasteiger partial charge on any atom is 0.236 e. The number of nitrogens with one attached hydrogen (secondary N) is 2. The lowest BCUT2D eigenvalue weighted by Gasteiger charge is -2.28. The molecule has 0 radical (unpaired) electrons. The Morgan fingerprint density at radius 2 is 1.03 bits per heavy atom. The van der Waals surface area contributed by atoms with Gasteiger partial charge >= 0.3 is 0 Å². The van der Waals surface area contributed by atoms with Crippen molar-refractivity contribution in [3.05, 3.63) is 138 Å². The highest BCUT2D eigenvalue weighted by molar-refractivity contribution is 7.16. The van der Waals surface area contributed by atoms with Crippen LogP contribution in [0.25, 0.3) is 0 Å². The number of aliphatic hydroxyl groups excluding tert-OH is 2. The molecule has 4 atom stereocenters. The number of thiazole rings is 2. The third-order valence-electron chi connectivity index (χ3n) is 14.3. The minimum absolute atomic E-state index is 0.0532. The van der Waals surface area contributed by atoms with Gasteiger partial charge in [0.1, 0.15) is 0 Å². The second-order valence-corrected chi connectivity index (χ2v) is 21.7. The lowest BCUT2D eigenvalue weighted by Crippen LogP contribution is -2.28. The molecule has 0 spiro atoms. The monoisotopic (exact) mass is 1020 g/mol. The SMILES string of the molecule is Cc1nc(NC(=O)C2(c3ccc4c(c3)OCO4)CC2)sc1[C@@H](c1ccccc1Cl)N1CC[C@H](O)C1.Cc1nc(NC(=O)C2(c3ccc4c(c3)OCO4)CC2)sc1[C@H](c1ccccc1Cl)N1CC[C@H](O)C1. The van der Waals surface area contributed by atoms with Gasteiger partial charge in [0.05, 0.1) is 56.3 Å². The summed E-state index contributed by atoms with van der Waals surface area (Å²) in [4.78, 5) is 42.8. The third kappa shape index (κ3) is 9.02. The molecule has 4 aromatic carbocycles. The van der Waals surface area contributed by atoms with Gasteiger partial charge in [0, 0.05) is 36.2 Å². The normalized spacial score (nSPS) is 21.2. The van der Waals surface area contributed by atoms with E-state index in [1.807, 2.05) is 98.8 Å². The van der Waals surface area contributed by atoms with Gasteiger partial charge in [-0.3, -0.25) is 19.4 Å². The molecule has 6 aliphatic rings. The Labute approximate surface area is 423 Å². The molecule has 4 fully saturated rings. The van der Waals surface area contributed by atoms with Gasteiger partial charge in [-0.25, -0.2) is 9.97 Å². The van der Waals surface area contributed by atoms with E-state index in [-0.39, 0.29) is 49.7 Å². The predicted octanol–water partition coefficient (Wildman–Crippen LogP) is 9.32. The van der Waals surface area contributed by atoms with Crippen molar-refractivity contribution in [2.24, 2.45) is 0 Å². The van der Waals surface area contributed by atoms with Gasteiger partial charge in [-0.05, 0) is 111 Å². The summed E-state index contributed by atoms with van der Waals surface area (Å²) in [6.07, 6.45) is 3.86. The maximum atomic E-state index is 13.4. The van der Waals surface area contributed by atoms with Gasteiger partial charge in [-0.1, -0.05) is 94.4 Å². The molecule has 364 valence electrons. The molecule has 2 aromatic heterocycles. The van der Waals surface area contributed by atoms with E-state index in [9.17, 15) is 19.8 Å². The first-order valence-electron chi connectivity index (χ1n) is 23.6. The second-order valence-electron chi connectivity index (χ2n) is 18.9. The smallest absolute Gasteiger partial charge is 0.236 e. The molecule has 18 heteroatoms. The largest absolute Gasteiger partial charge is 0.454 e. The van der Waals surface area contributed by atoms with E-state index in [0.717, 1.165) is 95.0 Å². The number of halogens is 2. The Hall–Kier alpha value is -5.30. The zero-order valence-corrected chi connectivity index (χ0v) is 41.7. The highest BCUT2D eigenvalue weighted by Gasteiger charge is 2.53. The number of hydrogen-bond donors (Lipinski definition) is 4. The minimum atomic E-state index is -0.568. The summed E-state index contributed by atoms with van der Waals surface area (Å²) in [5, 5.41) is 29.1. The van der Waals surface area contributed by atoms with Crippen molar-refractivity contribution in [1.82, 2.24) is 19.8 Å². The number of aliphatic hydroxyl groups is 2. The van der Waals surface area contributed by atoms with Gasteiger partial charge in [-0.2, -0.15) is 0 Å². The molecule has 70 heavy (non-hydrogen) atoms. The zero-order valence-electron chi connectivity index (χ0n) is 38.6. The number of aromatic nitrogens is 2. The maximum absolute atomic E-state index is 13.4. The Morgan fingerprint density at radius 1 is 0.629 bits per heavy atom. The van der Waals surface area contributed by atoms with Crippen LogP contribution in [0.2, 0.25) is 10.0 Å². The number of likely N-dealkylation sites (tertiary alicyclic amines) is 2. The molecule has 12 rings (SSSR count). The van der Waals surface area contributed by atoms with Crippen LogP contribution >= 0.6 is 45.9 Å². The molecule has 6 aromatic rings. The number of anilines is 2. The number of ether oxygens (including phenoxy) is 4. The number of benzene rings is 4. The van der Waals surface area contributed by atoms with Crippen LogP contribution in [0.5, 0.6) is 23.0 Å². The van der Waals surface area contributed by atoms with Gasteiger partial charge in [0.15, 0.2) is 33.3 Å². The number of nitrogens with zero attached hydrogens (tertiary/aromatic N) is 4. The first kappa shape index (κ1) is 47.0. The molecule has 6 heterocycles. The molecule has 2 saturated heterocycles. The molecule has 0 bridgehead atoms. The lowest BCUT2D eigenvalue weighted by atomic mass is 9.94. The van der Waals surface area contributed by atoms with Crippen LogP contribution in [-0.4, -0.2) is 93.8 Å². The fraction of sp³-hybridized carbons (Fsp3) is 0.385. The molecule has 4 N–H and O–H groups in total. The molecule has 0 unspecified atom stereocenters. The highest BCUT2D eigenvalue weighted by atomic mass is 35.5. The zero-order chi connectivity index (χ0) is 48.3. The summed E-state index contributed by atoms with van der Waals surface area (Å²) in [6.45, 7) is 7.02. The number of carbonyl (C=O) groups excluding carboxylic acids is 2. The molecule has 2 aliphatic carbocycles. The predicted molar refractivity (Wildman–Crippen MR) is 269 cm³/mol.